The van der Waals surface area contributed by atoms with Crippen LogP contribution in [0.1, 0.15) is 24.3 Å². The molecule has 0 spiro atoms. The Labute approximate surface area is 100 Å². The van der Waals surface area contributed by atoms with Gasteiger partial charge in [-0.25, -0.2) is 9.78 Å². The first-order valence-electron chi connectivity index (χ1n) is 4.50. The number of nitrogens with zero attached hydrogens (tertiary/aromatic N) is 1. The predicted octanol–water partition coefficient (Wildman–Crippen LogP) is 1.32. The Morgan fingerprint density at radius 1 is 1.56 bits per heavy atom. The van der Waals surface area contributed by atoms with Gasteiger partial charge in [0.25, 0.3) is 0 Å². The van der Waals surface area contributed by atoms with Gasteiger partial charge in [-0.05, 0) is 19.9 Å². The van der Waals surface area contributed by atoms with Crippen LogP contribution >= 0.6 is 12.4 Å². The number of halogens is 1. The average Bonchev–Trinajstić information content (AvgIpc) is 2.14. The van der Waals surface area contributed by atoms with Crippen LogP contribution in [0.15, 0.2) is 18.2 Å². The maximum Gasteiger partial charge on any atom is 0.354 e. The van der Waals surface area contributed by atoms with Gasteiger partial charge in [-0.15, -0.1) is 12.4 Å². The van der Waals surface area contributed by atoms with Crippen molar-refractivity contribution in [3.63, 3.8) is 0 Å². The van der Waals surface area contributed by atoms with E-state index >= 15 is 0 Å². The fourth-order valence-electron chi connectivity index (χ4n) is 0.874. The molecule has 1 heterocycles. The smallest absolute Gasteiger partial charge is 0.354 e. The number of aromatic carboxylic acids is 1. The normalized spacial score (nSPS) is 10.4. The Kier molecular flexibility index (Phi) is 5.20. The van der Waals surface area contributed by atoms with Gasteiger partial charge in [0.05, 0.1) is 0 Å². The Bertz CT molecular complexity index is 363. The molecule has 0 aliphatic rings. The molecule has 0 aliphatic heterocycles. The van der Waals surface area contributed by atoms with Crippen molar-refractivity contribution in [3.8, 4) is 5.88 Å². The van der Waals surface area contributed by atoms with Crippen LogP contribution in [0.3, 0.4) is 0 Å². The van der Waals surface area contributed by atoms with Crippen LogP contribution in [0.25, 0.3) is 0 Å². The van der Waals surface area contributed by atoms with Crippen LogP contribution < -0.4 is 10.5 Å². The summed E-state index contributed by atoms with van der Waals surface area (Å²) in [7, 11) is 0. The van der Waals surface area contributed by atoms with Crippen molar-refractivity contribution in [1.29, 1.82) is 0 Å². The minimum Gasteiger partial charge on any atom is -0.477 e. The summed E-state index contributed by atoms with van der Waals surface area (Å²) in [6.45, 7) is 3.91. The maximum absolute atomic E-state index is 10.6. The number of carbonyl (C=O) groups is 1. The van der Waals surface area contributed by atoms with Crippen molar-refractivity contribution >= 4 is 18.4 Å². The molecule has 0 aliphatic carbocycles. The molecule has 0 unspecified atom stereocenters. The van der Waals surface area contributed by atoms with E-state index < -0.39 is 11.5 Å². The standard InChI is InChI=1S/C10H14N2O3.ClH/c1-10(2,11)6-15-8-5-3-4-7(12-8)9(13)14;/h3-5H,6,11H2,1-2H3,(H,13,14);1H. The van der Waals surface area contributed by atoms with E-state index in [0.29, 0.717) is 0 Å². The van der Waals surface area contributed by atoms with Gasteiger partial charge < -0.3 is 15.6 Å². The summed E-state index contributed by atoms with van der Waals surface area (Å²) < 4.78 is 5.26. The third-order valence-corrected chi connectivity index (χ3v) is 1.53. The molecule has 1 aromatic rings. The fourth-order valence-corrected chi connectivity index (χ4v) is 0.874. The Hall–Kier alpha value is -1.33. The second-order valence-corrected chi connectivity index (χ2v) is 3.94. The first-order chi connectivity index (χ1) is 6.88. The number of hydrogen-bond acceptors (Lipinski definition) is 4. The van der Waals surface area contributed by atoms with Gasteiger partial charge in [0, 0.05) is 11.6 Å². The fraction of sp³-hybridized carbons (Fsp3) is 0.400. The maximum atomic E-state index is 10.6. The summed E-state index contributed by atoms with van der Waals surface area (Å²) in [5.41, 5.74) is 5.20. The van der Waals surface area contributed by atoms with Gasteiger partial charge in [0.15, 0.2) is 5.69 Å². The highest BCUT2D eigenvalue weighted by Gasteiger charge is 2.12. The zero-order chi connectivity index (χ0) is 11.5. The van der Waals surface area contributed by atoms with Gasteiger partial charge in [-0.1, -0.05) is 6.07 Å². The van der Waals surface area contributed by atoms with Crippen molar-refractivity contribution in [2.75, 3.05) is 6.61 Å². The molecule has 90 valence electrons. The summed E-state index contributed by atoms with van der Waals surface area (Å²) in [6.07, 6.45) is 0. The van der Waals surface area contributed by atoms with Crippen LogP contribution in [0, 0.1) is 0 Å². The molecule has 0 atom stereocenters. The van der Waals surface area contributed by atoms with Crippen molar-refractivity contribution in [3.05, 3.63) is 23.9 Å². The Balaban J connectivity index is 0.00000225. The highest BCUT2D eigenvalue weighted by molar-refractivity contribution is 5.85. The van der Waals surface area contributed by atoms with Crippen molar-refractivity contribution in [2.24, 2.45) is 5.73 Å². The Morgan fingerprint density at radius 3 is 2.69 bits per heavy atom. The molecule has 5 nitrogen and oxygen atoms in total. The Morgan fingerprint density at radius 2 is 2.19 bits per heavy atom. The molecule has 0 aromatic carbocycles. The molecule has 0 bridgehead atoms. The molecule has 6 heteroatoms. The lowest BCUT2D eigenvalue weighted by Gasteiger charge is -2.18. The van der Waals surface area contributed by atoms with Gasteiger partial charge in [0.2, 0.25) is 5.88 Å². The summed E-state index contributed by atoms with van der Waals surface area (Å²) >= 11 is 0. The third kappa shape index (κ3) is 4.95. The molecule has 0 fully saturated rings. The van der Waals surface area contributed by atoms with Gasteiger partial charge >= 0.3 is 5.97 Å². The molecule has 3 N–H and O–H groups in total. The number of ether oxygens (including phenoxy) is 1. The summed E-state index contributed by atoms with van der Waals surface area (Å²) in [5, 5.41) is 8.69. The zero-order valence-corrected chi connectivity index (χ0v) is 9.95. The topological polar surface area (TPSA) is 85.4 Å². The third-order valence-electron chi connectivity index (χ3n) is 1.53. The van der Waals surface area contributed by atoms with Crippen molar-refractivity contribution < 1.29 is 14.6 Å². The van der Waals surface area contributed by atoms with Gasteiger partial charge in [0.1, 0.15) is 6.61 Å². The number of hydrogen-bond donors (Lipinski definition) is 2. The number of pyridine rings is 1. The number of rotatable bonds is 4. The van der Waals surface area contributed by atoms with E-state index in [9.17, 15) is 4.79 Å². The monoisotopic (exact) mass is 246 g/mol. The second kappa shape index (κ2) is 5.67. The first kappa shape index (κ1) is 14.7. The molecule has 1 aromatic heterocycles. The van der Waals surface area contributed by atoms with Crippen molar-refractivity contribution in [2.45, 2.75) is 19.4 Å². The highest BCUT2D eigenvalue weighted by Crippen LogP contribution is 2.09. The molecular formula is C10H15ClN2O3. The molecule has 16 heavy (non-hydrogen) atoms. The molecular weight excluding hydrogens is 232 g/mol. The summed E-state index contributed by atoms with van der Waals surface area (Å²) in [4.78, 5) is 14.4. The minimum atomic E-state index is -1.08. The lowest BCUT2D eigenvalue weighted by atomic mass is 10.1. The van der Waals surface area contributed by atoms with E-state index in [1.54, 1.807) is 12.1 Å². The predicted molar refractivity (Wildman–Crippen MR) is 62.2 cm³/mol. The van der Waals surface area contributed by atoms with Gasteiger partial charge in [-0.2, -0.15) is 0 Å². The van der Waals surface area contributed by atoms with E-state index in [-0.39, 0.29) is 30.6 Å². The minimum absolute atomic E-state index is 0. The van der Waals surface area contributed by atoms with Crippen LogP contribution in [-0.4, -0.2) is 28.2 Å². The van der Waals surface area contributed by atoms with Crippen LogP contribution in [0.2, 0.25) is 0 Å². The molecule has 0 saturated heterocycles. The number of nitrogens with two attached hydrogens (primary N) is 1. The molecule has 1 rings (SSSR count). The van der Waals surface area contributed by atoms with E-state index in [4.69, 9.17) is 15.6 Å². The molecule has 0 amide bonds. The number of aromatic nitrogens is 1. The number of carboxylic acids is 1. The lowest BCUT2D eigenvalue weighted by Crippen LogP contribution is -2.38. The van der Waals surface area contributed by atoms with Crippen LogP contribution in [-0.2, 0) is 0 Å². The van der Waals surface area contributed by atoms with E-state index in [1.807, 2.05) is 13.8 Å². The zero-order valence-electron chi connectivity index (χ0n) is 9.14. The quantitative estimate of drug-likeness (QED) is 0.837. The second-order valence-electron chi connectivity index (χ2n) is 3.94. The van der Waals surface area contributed by atoms with Crippen LogP contribution in [0.4, 0.5) is 0 Å². The van der Waals surface area contributed by atoms with E-state index in [0.717, 1.165) is 0 Å². The van der Waals surface area contributed by atoms with Crippen molar-refractivity contribution in [1.82, 2.24) is 4.98 Å². The largest absolute Gasteiger partial charge is 0.477 e. The summed E-state index contributed by atoms with van der Waals surface area (Å²) in [5.74, 6) is -0.805. The van der Waals surface area contributed by atoms with Crippen LogP contribution in [0.5, 0.6) is 5.88 Å². The summed E-state index contributed by atoms with van der Waals surface area (Å²) in [6, 6.07) is 4.58. The molecule has 0 radical (unpaired) electrons. The van der Waals surface area contributed by atoms with E-state index in [1.165, 1.54) is 6.07 Å². The highest BCUT2D eigenvalue weighted by atomic mass is 35.5. The average molecular weight is 247 g/mol. The molecule has 0 saturated carbocycles. The van der Waals surface area contributed by atoms with E-state index in [2.05, 4.69) is 4.98 Å². The van der Waals surface area contributed by atoms with Gasteiger partial charge in [-0.3, -0.25) is 0 Å². The lowest BCUT2D eigenvalue weighted by molar-refractivity contribution is 0.0689. The SMILES string of the molecule is CC(C)(N)COc1cccc(C(=O)O)n1.Cl. The number of carboxylic acid groups (broad SMARTS) is 1. The first-order valence-corrected chi connectivity index (χ1v) is 4.50.